The predicted octanol–water partition coefficient (Wildman–Crippen LogP) is 5.34. The van der Waals surface area contributed by atoms with Crippen molar-refractivity contribution in [2.75, 3.05) is 0 Å². The fourth-order valence-electron chi connectivity index (χ4n) is 4.12. The van der Waals surface area contributed by atoms with E-state index < -0.39 is 5.91 Å². The first-order valence-electron chi connectivity index (χ1n) is 10.6. The van der Waals surface area contributed by atoms with Gasteiger partial charge in [0, 0.05) is 28.7 Å². The van der Waals surface area contributed by atoms with E-state index in [0.29, 0.717) is 5.17 Å². The minimum absolute atomic E-state index is 0.0751. The minimum Gasteiger partial charge on any atom is -0.340 e. The normalized spacial score (nSPS) is 17.2. The lowest BCUT2D eigenvalue weighted by Crippen LogP contribution is -2.35. The Morgan fingerprint density at radius 3 is 2.62 bits per heavy atom. The summed E-state index contributed by atoms with van der Waals surface area (Å²) in [6.45, 7) is 6.92. The molecular formula is C25H23N5OS. The molecule has 2 aromatic carbocycles. The molecular weight excluding hydrogens is 418 g/mol. The summed E-state index contributed by atoms with van der Waals surface area (Å²) in [7, 11) is 0. The number of hydrogen-bond acceptors (Lipinski definition) is 4. The number of hydrazone groups is 1. The van der Waals surface area contributed by atoms with Gasteiger partial charge in [-0.25, -0.2) is 0 Å². The molecule has 160 valence electrons. The Kier molecular flexibility index (Phi) is 5.06. The molecule has 32 heavy (non-hydrogen) atoms. The quantitative estimate of drug-likeness (QED) is 0.556. The number of para-hydroxylation sites is 1. The van der Waals surface area contributed by atoms with Crippen molar-refractivity contribution in [2.45, 2.75) is 33.7 Å². The van der Waals surface area contributed by atoms with Crippen LogP contribution in [0.5, 0.6) is 0 Å². The van der Waals surface area contributed by atoms with Gasteiger partial charge in [-0.2, -0.15) is 15.1 Å². The number of amidine groups is 2. The summed E-state index contributed by atoms with van der Waals surface area (Å²) in [5.41, 5.74) is 5.84. The Balaban J connectivity index is 1.63. The van der Waals surface area contributed by atoms with E-state index in [1.165, 1.54) is 27.9 Å². The Morgan fingerprint density at radius 2 is 1.84 bits per heavy atom. The van der Waals surface area contributed by atoms with Gasteiger partial charge in [0.2, 0.25) is 5.17 Å². The zero-order valence-corrected chi connectivity index (χ0v) is 19.0. The van der Waals surface area contributed by atoms with Crippen LogP contribution in [0.3, 0.4) is 0 Å². The molecule has 1 amide bonds. The minimum atomic E-state index is -0.392. The van der Waals surface area contributed by atoms with E-state index in [2.05, 4.69) is 58.8 Å². The Morgan fingerprint density at radius 1 is 1.09 bits per heavy atom. The van der Waals surface area contributed by atoms with Crippen molar-refractivity contribution in [1.82, 2.24) is 9.58 Å². The topological polar surface area (TPSA) is 73.8 Å². The van der Waals surface area contributed by atoms with Crippen molar-refractivity contribution in [1.29, 1.82) is 5.41 Å². The molecule has 2 aliphatic rings. The lowest BCUT2D eigenvalue weighted by atomic mass is 10.1. The average molecular weight is 442 g/mol. The Bertz CT molecular complexity index is 1380. The number of hydrogen-bond donors (Lipinski definition) is 1. The van der Waals surface area contributed by atoms with E-state index in [1.807, 2.05) is 25.1 Å². The molecule has 0 unspecified atom stereocenters. The molecule has 0 radical (unpaired) electrons. The fourth-order valence-corrected chi connectivity index (χ4v) is 4.95. The number of carbonyl (C=O) groups is 1. The second-order valence-electron chi connectivity index (χ2n) is 7.90. The maximum Gasteiger partial charge on any atom is 0.283 e. The molecule has 0 saturated carbocycles. The van der Waals surface area contributed by atoms with Crippen molar-refractivity contribution in [2.24, 2.45) is 10.1 Å². The van der Waals surface area contributed by atoms with Crippen molar-refractivity contribution in [3.63, 3.8) is 0 Å². The number of aryl methyl sites for hydroxylation is 1. The van der Waals surface area contributed by atoms with Crippen LogP contribution in [-0.4, -0.2) is 31.5 Å². The number of benzene rings is 2. The first kappa shape index (κ1) is 20.5. The number of aliphatic imine (C=N–C) groups is 1. The molecule has 0 bridgehead atoms. The second-order valence-corrected chi connectivity index (χ2v) is 8.94. The highest BCUT2D eigenvalue weighted by Gasteiger charge is 2.35. The first-order chi connectivity index (χ1) is 15.5. The molecule has 0 fully saturated rings. The number of fused-ring (bicyclic) bond motifs is 2. The third kappa shape index (κ3) is 3.29. The average Bonchev–Trinajstić information content (AvgIpc) is 3.32. The lowest BCUT2D eigenvalue weighted by Gasteiger charge is -2.20. The molecule has 0 spiro atoms. The van der Waals surface area contributed by atoms with Crippen molar-refractivity contribution >= 4 is 50.7 Å². The standard InChI is InChI=1S/C25H23N5OS/c1-4-22-28-30-23(26)20(24(31)27-25(30)32-22)13-19-16(3)29(21-12-8-7-11-18(19)21)14-17-10-6-5-9-15(17)2/h5-13,26H,4,14H2,1-3H3/b20-13-,26-23?. The monoisotopic (exact) mass is 441 g/mol. The molecule has 2 aliphatic heterocycles. The second kappa shape index (κ2) is 7.91. The number of rotatable bonds is 4. The highest BCUT2D eigenvalue weighted by molar-refractivity contribution is 8.26. The van der Waals surface area contributed by atoms with Gasteiger partial charge in [0.1, 0.15) is 5.04 Å². The summed E-state index contributed by atoms with van der Waals surface area (Å²) in [6.07, 6.45) is 2.55. The Labute approximate surface area is 190 Å². The van der Waals surface area contributed by atoms with Gasteiger partial charge in [-0.1, -0.05) is 49.4 Å². The number of nitrogens with zero attached hydrogens (tertiary/aromatic N) is 4. The van der Waals surface area contributed by atoms with Crippen LogP contribution in [-0.2, 0) is 11.3 Å². The van der Waals surface area contributed by atoms with Crippen LogP contribution in [0.15, 0.2) is 64.2 Å². The third-order valence-corrected chi connectivity index (χ3v) is 7.01. The summed E-state index contributed by atoms with van der Waals surface area (Å²) in [5, 5.41) is 16.9. The molecule has 0 atom stereocenters. The first-order valence-corrected chi connectivity index (χ1v) is 11.4. The molecule has 3 heterocycles. The largest absolute Gasteiger partial charge is 0.340 e. The van der Waals surface area contributed by atoms with E-state index in [0.717, 1.165) is 40.2 Å². The third-order valence-electron chi connectivity index (χ3n) is 5.96. The van der Waals surface area contributed by atoms with Gasteiger partial charge in [0.25, 0.3) is 5.91 Å². The number of nitrogens with one attached hydrogen (secondary N) is 1. The molecule has 0 aliphatic carbocycles. The molecule has 7 heteroatoms. The van der Waals surface area contributed by atoms with Crippen molar-refractivity contribution < 1.29 is 4.79 Å². The van der Waals surface area contributed by atoms with Gasteiger partial charge >= 0.3 is 0 Å². The maximum atomic E-state index is 12.8. The molecule has 1 N–H and O–H groups in total. The maximum absolute atomic E-state index is 12.8. The van der Waals surface area contributed by atoms with E-state index in [9.17, 15) is 4.79 Å². The highest BCUT2D eigenvalue weighted by atomic mass is 32.2. The van der Waals surface area contributed by atoms with Gasteiger partial charge in [-0.05, 0) is 55.3 Å². The van der Waals surface area contributed by atoms with Gasteiger partial charge in [-0.15, -0.1) is 0 Å². The van der Waals surface area contributed by atoms with Gasteiger partial charge in [-0.3, -0.25) is 10.2 Å². The summed E-state index contributed by atoms with van der Waals surface area (Å²) in [4.78, 5) is 17.0. The fraction of sp³-hybridized carbons (Fsp3) is 0.200. The smallest absolute Gasteiger partial charge is 0.283 e. The Hall–Kier alpha value is -3.45. The molecule has 3 aromatic rings. The van der Waals surface area contributed by atoms with Crippen LogP contribution >= 0.6 is 11.8 Å². The predicted molar refractivity (Wildman–Crippen MR) is 132 cm³/mol. The van der Waals surface area contributed by atoms with E-state index >= 15 is 0 Å². The summed E-state index contributed by atoms with van der Waals surface area (Å²) in [6, 6.07) is 16.6. The van der Waals surface area contributed by atoms with Crippen LogP contribution in [0.4, 0.5) is 0 Å². The summed E-state index contributed by atoms with van der Waals surface area (Å²) < 4.78 is 2.27. The molecule has 6 nitrogen and oxygen atoms in total. The van der Waals surface area contributed by atoms with E-state index in [4.69, 9.17) is 5.41 Å². The van der Waals surface area contributed by atoms with Gasteiger partial charge in [0.05, 0.1) is 5.57 Å². The van der Waals surface area contributed by atoms with Crippen molar-refractivity contribution in [3.8, 4) is 0 Å². The van der Waals surface area contributed by atoms with Crippen LogP contribution in [0.1, 0.15) is 35.7 Å². The van der Waals surface area contributed by atoms with Crippen LogP contribution < -0.4 is 0 Å². The number of carbonyl (C=O) groups excluding carboxylic acids is 1. The van der Waals surface area contributed by atoms with Crippen molar-refractivity contribution in [3.05, 3.63) is 76.5 Å². The van der Waals surface area contributed by atoms with Gasteiger partial charge in [0.15, 0.2) is 5.84 Å². The molecule has 5 rings (SSSR count). The zero-order chi connectivity index (χ0) is 22.4. The highest BCUT2D eigenvalue weighted by Crippen LogP contribution is 2.33. The molecule has 0 saturated heterocycles. The van der Waals surface area contributed by atoms with Crippen LogP contribution in [0.25, 0.3) is 17.0 Å². The van der Waals surface area contributed by atoms with Crippen LogP contribution in [0.2, 0.25) is 0 Å². The van der Waals surface area contributed by atoms with Gasteiger partial charge < -0.3 is 4.57 Å². The van der Waals surface area contributed by atoms with E-state index in [-0.39, 0.29) is 11.4 Å². The zero-order valence-electron chi connectivity index (χ0n) is 18.2. The van der Waals surface area contributed by atoms with E-state index in [1.54, 1.807) is 6.08 Å². The summed E-state index contributed by atoms with van der Waals surface area (Å²) >= 11 is 1.36. The number of amides is 1. The lowest BCUT2D eigenvalue weighted by molar-refractivity contribution is -0.114. The SMILES string of the molecule is CCC1=NN2C(=N)/C(=C/c3c(C)n(Cc4ccccc4C)c4ccccc34)C(=O)N=C2S1. The number of aromatic nitrogens is 1. The molecule has 1 aromatic heterocycles. The summed E-state index contributed by atoms with van der Waals surface area (Å²) in [5.74, 6) is -0.317. The van der Waals surface area contributed by atoms with Crippen LogP contribution in [0, 0.1) is 19.3 Å². The number of thioether (sulfide) groups is 1.